The van der Waals surface area contributed by atoms with Crippen LogP contribution in [0.2, 0.25) is 0 Å². The third-order valence-electron chi connectivity index (χ3n) is 3.42. The Labute approximate surface area is 115 Å². The topological polar surface area (TPSA) is 59.2 Å². The summed E-state index contributed by atoms with van der Waals surface area (Å²) in [7, 11) is 0. The molecule has 0 aromatic carbocycles. The zero-order valence-electron chi connectivity index (χ0n) is 11.7. The van der Waals surface area contributed by atoms with Gasteiger partial charge in [0.05, 0.1) is 6.04 Å². The molecule has 4 heteroatoms. The van der Waals surface area contributed by atoms with Gasteiger partial charge in [-0.3, -0.25) is 9.78 Å². The molecule has 1 fully saturated rings. The average molecular weight is 261 g/mol. The molecule has 1 aliphatic carbocycles. The summed E-state index contributed by atoms with van der Waals surface area (Å²) in [6, 6.07) is 3.93. The molecule has 2 N–H and O–H groups in total. The minimum atomic E-state index is -0.373. The maximum absolute atomic E-state index is 12.4. The van der Waals surface area contributed by atoms with Crippen molar-refractivity contribution in [1.29, 1.82) is 0 Å². The van der Waals surface area contributed by atoms with Crippen LogP contribution in [0.1, 0.15) is 38.7 Å². The number of aromatic nitrogens is 1. The summed E-state index contributed by atoms with van der Waals surface area (Å²) >= 11 is 0. The van der Waals surface area contributed by atoms with Gasteiger partial charge < -0.3 is 10.6 Å². The van der Waals surface area contributed by atoms with E-state index in [2.05, 4.69) is 18.8 Å². The van der Waals surface area contributed by atoms with E-state index >= 15 is 0 Å². The van der Waals surface area contributed by atoms with Gasteiger partial charge in [-0.25, -0.2) is 0 Å². The Balaban J connectivity index is 2.01. The van der Waals surface area contributed by atoms with Gasteiger partial charge in [-0.2, -0.15) is 0 Å². The van der Waals surface area contributed by atoms with Crippen LogP contribution in [0.3, 0.4) is 0 Å². The van der Waals surface area contributed by atoms with Gasteiger partial charge in [0.1, 0.15) is 0 Å². The van der Waals surface area contributed by atoms with E-state index in [1.807, 2.05) is 17.0 Å². The lowest BCUT2D eigenvalue weighted by atomic mass is 10.0. The summed E-state index contributed by atoms with van der Waals surface area (Å²) in [6.45, 7) is 4.84. The predicted molar refractivity (Wildman–Crippen MR) is 75.2 cm³/mol. The predicted octanol–water partition coefficient (Wildman–Crippen LogP) is 1.95. The number of nitrogens with two attached hydrogens (primary N) is 1. The fourth-order valence-corrected chi connectivity index (χ4v) is 2.28. The Bertz CT molecular complexity index is 415. The third-order valence-corrected chi connectivity index (χ3v) is 3.42. The van der Waals surface area contributed by atoms with Crippen LogP contribution in [0.4, 0.5) is 0 Å². The molecule has 1 atom stereocenters. The van der Waals surface area contributed by atoms with Gasteiger partial charge in [-0.15, -0.1) is 0 Å². The minimum Gasteiger partial charge on any atom is -0.334 e. The molecule has 0 bridgehead atoms. The van der Waals surface area contributed by atoms with Crippen LogP contribution >= 0.6 is 0 Å². The van der Waals surface area contributed by atoms with E-state index in [0.717, 1.165) is 24.8 Å². The van der Waals surface area contributed by atoms with Crippen molar-refractivity contribution in [3.8, 4) is 0 Å². The number of pyridine rings is 1. The lowest BCUT2D eigenvalue weighted by molar-refractivity contribution is -0.134. The fourth-order valence-electron chi connectivity index (χ4n) is 2.28. The van der Waals surface area contributed by atoms with Gasteiger partial charge >= 0.3 is 0 Å². The van der Waals surface area contributed by atoms with E-state index in [0.29, 0.717) is 18.5 Å². The Morgan fingerprint density at radius 1 is 1.42 bits per heavy atom. The lowest BCUT2D eigenvalue weighted by Crippen LogP contribution is -2.45. The summed E-state index contributed by atoms with van der Waals surface area (Å²) in [4.78, 5) is 18.4. The van der Waals surface area contributed by atoms with Crippen LogP contribution < -0.4 is 5.73 Å². The number of hydrogen-bond acceptors (Lipinski definition) is 3. The van der Waals surface area contributed by atoms with Crippen LogP contribution in [0.15, 0.2) is 24.5 Å². The number of nitrogens with zero attached hydrogens (tertiary/aromatic N) is 2. The maximum atomic E-state index is 12.4. The summed E-state index contributed by atoms with van der Waals surface area (Å²) in [6.07, 6.45) is 6.48. The van der Waals surface area contributed by atoms with Gasteiger partial charge in [0.15, 0.2) is 0 Å². The first-order chi connectivity index (χ1) is 9.08. The highest BCUT2D eigenvalue weighted by molar-refractivity contribution is 5.82. The molecule has 2 rings (SSSR count). The van der Waals surface area contributed by atoms with E-state index in [-0.39, 0.29) is 11.9 Å². The van der Waals surface area contributed by atoms with Crippen LogP contribution in [0.5, 0.6) is 0 Å². The number of rotatable bonds is 6. The number of carbonyl (C=O) groups is 1. The Morgan fingerprint density at radius 2 is 2.05 bits per heavy atom. The van der Waals surface area contributed by atoms with Gasteiger partial charge in [-0.05, 0) is 42.9 Å². The summed E-state index contributed by atoms with van der Waals surface area (Å²) in [5.41, 5.74) is 7.15. The first-order valence-electron chi connectivity index (χ1n) is 7.03. The number of carbonyl (C=O) groups excluding carboxylic acids is 1. The molecule has 1 aliphatic rings. The molecular formula is C15H23N3O. The largest absolute Gasteiger partial charge is 0.334 e. The second-order valence-corrected chi connectivity index (χ2v) is 5.79. The van der Waals surface area contributed by atoms with Crippen molar-refractivity contribution in [3.05, 3.63) is 30.1 Å². The van der Waals surface area contributed by atoms with E-state index < -0.39 is 0 Å². The highest BCUT2D eigenvalue weighted by Gasteiger charge is 2.34. The van der Waals surface area contributed by atoms with Crippen molar-refractivity contribution in [2.45, 2.75) is 51.7 Å². The molecule has 0 saturated heterocycles. The number of hydrogen-bond donors (Lipinski definition) is 1. The molecule has 19 heavy (non-hydrogen) atoms. The Kier molecular flexibility index (Phi) is 4.53. The van der Waals surface area contributed by atoms with Crippen LogP contribution in [-0.4, -0.2) is 27.9 Å². The first kappa shape index (κ1) is 14.0. The average Bonchev–Trinajstić information content (AvgIpc) is 3.20. The molecule has 1 heterocycles. The zero-order chi connectivity index (χ0) is 13.8. The Hall–Kier alpha value is -1.42. The van der Waals surface area contributed by atoms with Gasteiger partial charge in [0.25, 0.3) is 0 Å². The van der Waals surface area contributed by atoms with Crippen LogP contribution in [-0.2, 0) is 11.3 Å². The molecule has 104 valence electrons. The third kappa shape index (κ3) is 4.03. The monoisotopic (exact) mass is 261 g/mol. The summed E-state index contributed by atoms with van der Waals surface area (Å²) in [5.74, 6) is 0.536. The van der Waals surface area contributed by atoms with Crippen molar-refractivity contribution in [1.82, 2.24) is 9.88 Å². The molecule has 1 aromatic heterocycles. The molecular weight excluding hydrogens is 238 g/mol. The number of amides is 1. The summed E-state index contributed by atoms with van der Waals surface area (Å²) < 4.78 is 0. The van der Waals surface area contributed by atoms with E-state index in [9.17, 15) is 4.79 Å². The second-order valence-electron chi connectivity index (χ2n) is 5.79. The van der Waals surface area contributed by atoms with Gasteiger partial charge in [-0.1, -0.05) is 13.8 Å². The molecule has 0 radical (unpaired) electrons. The molecule has 1 saturated carbocycles. The molecule has 1 amide bonds. The molecule has 0 aliphatic heterocycles. The van der Waals surface area contributed by atoms with Crippen LogP contribution in [0, 0.1) is 5.92 Å². The van der Waals surface area contributed by atoms with Crippen molar-refractivity contribution in [2.75, 3.05) is 0 Å². The minimum absolute atomic E-state index is 0.0908. The highest BCUT2D eigenvalue weighted by atomic mass is 16.2. The van der Waals surface area contributed by atoms with E-state index in [4.69, 9.17) is 5.73 Å². The van der Waals surface area contributed by atoms with Crippen molar-refractivity contribution in [3.63, 3.8) is 0 Å². The van der Waals surface area contributed by atoms with E-state index in [1.54, 1.807) is 12.4 Å². The molecule has 4 nitrogen and oxygen atoms in total. The maximum Gasteiger partial charge on any atom is 0.240 e. The van der Waals surface area contributed by atoms with Crippen molar-refractivity contribution >= 4 is 5.91 Å². The van der Waals surface area contributed by atoms with Gasteiger partial charge in [0, 0.05) is 25.0 Å². The SMILES string of the molecule is CC(C)CC(N)C(=O)N(Cc1ccncc1)C1CC1. The second kappa shape index (κ2) is 6.15. The summed E-state index contributed by atoms with van der Waals surface area (Å²) in [5, 5.41) is 0. The highest BCUT2D eigenvalue weighted by Crippen LogP contribution is 2.29. The van der Waals surface area contributed by atoms with E-state index in [1.165, 1.54) is 0 Å². The van der Waals surface area contributed by atoms with Crippen molar-refractivity contribution in [2.24, 2.45) is 11.7 Å². The van der Waals surface area contributed by atoms with Gasteiger partial charge in [0.2, 0.25) is 5.91 Å². The molecule has 1 unspecified atom stereocenters. The van der Waals surface area contributed by atoms with Crippen LogP contribution in [0.25, 0.3) is 0 Å². The van der Waals surface area contributed by atoms with Crippen molar-refractivity contribution < 1.29 is 4.79 Å². The molecule has 0 spiro atoms. The first-order valence-corrected chi connectivity index (χ1v) is 7.03. The zero-order valence-corrected chi connectivity index (χ0v) is 11.7. The Morgan fingerprint density at radius 3 is 2.58 bits per heavy atom. The normalized spacial score (nSPS) is 16.4. The smallest absolute Gasteiger partial charge is 0.240 e. The lowest BCUT2D eigenvalue weighted by Gasteiger charge is -2.26. The molecule has 1 aromatic rings. The fraction of sp³-hybridized carbons (Fsp3) is 0.600. The standard InChI is InChI=1S/C15H23N3O/c1-11(2)9-14(16)15(19)18(13-3-4-13)10-12-5-7-17-8-6-12/h5-8,11,13-14H,3-4,9-10,16H2,1-2H3. The quantitative estimate of drug-likeness (QED) is 0.851.